The van der Waals surface area contributed by atoms with Gasteiger partial charge in [-0.1, -0.05) is 0 Å². The topological polar surface area (TPSA) is 66.2 Å². The van der Waals surface area contributed by atoms with Gasteiger partial charge >= 0.3 is 29.9 Å². The Hall–Kier alpha value is -1.77. The molecule has 0 bridgehead atoms. The number of alkyl halides is 11. The van der Waals surface area contributed by atoms with Crippen LogP contribution in [0.3, 0.4) is 0 Å². The Morgan fingerprint density at radius 1 is 0.821 bits per heavy atom. The minimum atomic E-state index is -7.55. The van der Waals surface area contributed by atoms with Gasteiger partial charge in [0.15, 0.2) is 10.6 Å². The summed E-state index contributed by atoms with van der Waals surface area (Å²) < 4.78 is 153. The second kappa shape index (κ2) is 7.24. The first-order valence-corrected chi connectivity index (χ1v) is 7.97. The molecule has 3 nitrogen and oxygen atoms in total. The maximum atomic E-state index is 13.6. The molecule has 1 rings (SSSR count). The van der Waals surface area contributed by atoms with Gasteiger partial charge in [-0.3, -0.25) is 4.79 Å². The minimum absolute atomic E-state index is 0.241. The molecule has 28 heavy (non-hydrogen) atoms. The zero-order chi connectivity index (χ0) is 22.3. The molecule has 0 saturated carbocycles. The molecule has 1 atom stereocenters. The first-order valence-electron chi connectivity index (χ1n) is 6.66. The fourth-order valence-corrected chi connectivity index (χ4v) is 2.83. The SMILES string of the molecule is NC(=O)c1ccc([S+]([O-])CC(F)(F)C(F)(F)C(F)(F)C(F)(F)C(F)(F)F)cc1. The number of hydrogen-bond acceptors (Lipinski definition) is 2. The van der Waals surface area contributed by atoms with E-state index in [-0.39, 0.29) is 5.56 Å². The van der Waals surface area contributed by atoms with Crippen LogP contribution in [0.25, 0.3) is 0 Å². The minimum Gasteiger partial charge on any atom is -0.611 e. The molecule has 0 spiro atoms. The number of hydrogen-bond donors (Lipinski definition) is 1. The molecule has 0 radical (unpaired) electrons. The van der Waals surface area contributed by atoms with E-state index in [1.54, 1.807) is 0 Å². The van der Waals surface area contributed by atoms with Crippen LogP contribution in [0.15, 0.2) is 29.2 Å². The van der Waals surface area contributed by atoms with Crippen LogP contribution >= 0.6 is 0 Å². The molecule has 0 aliphatic heterocycles. The summed E-state index contributed by atoms with van der Waals surface area (Å²) in [6.07, 6.45) is -7.26. The fraction of sp³-hybridized carbons (Fsp3) is 0.462. The molecule has 0 heterocycles. The second-order valence-corrected chi connectivity index (χ2v) is 6.75. The van der Waals surface area contributed by atoms with Gasteiger partial charge in [-0.2, -0.15) is 48.3 Å². The van der Waals surface area contributed by atoms with Crippen molar-refractivity contribution >= 4 is 17.1 Å². The highest BCUT2D eigenvalue weighted by atomic mass is 32.2. The van der Waals surface area contributed by atoms with Crippen LogP contribution in [0.5, 0.6) is 0 Å². The standard InChI is InChI=1S/C13H8F11NO2S/c14-9(15,5-28(27)7-3-1-6(2-4-7)8(25)26)10(16,17)11(18,19)12(20,21)13(22,23)24/h1-4H,5H2,(H2,25,26). The second-order valence-electron chi connectivity index (χ2n) is 5.30. The molecule has 0 saturated heterocycles. The van der Waals surface area contributed by atoms with Crippen LogP contribution in [0.4, 0.5) is 48.3 Å². The van der Waals surface area contributed by atoms with E-state index in [4.69, 9.17) is 5.73 Å². The van der Waals surface area contributed by atoms with Crippen molar-refractivity contribution < 1.29 is 57.6 Å². The molecule has 1 aromatic rings. The first-order chi connectivity index (χ1) is 12.3. The molecule has 1 aromatic carbocycles. The molecule has 1 unspecified atom stereocenters. The molecule has 0 aliphatic carbocycles. The highest BCUT2D eigenvalue weighted by Crippen LogP contribution is 2.57. The van der Waals surface area contributed by atoms with Crippen LogP contribution in [0.2, 0.25) is 0 Å². The Balaban J connectivity index is 3.20. The Bertz CT molecular complexity index is 718. The van der Waals surface area contributed by atoms with Crippen LogP contribution in [-0.2, 0) is 11.2 Å². The third-order valence-corrected chi connectivity index (χ3v) is 4.74. The summed E-state index contributed by atoms with van der Waals surface area (Å²) >= 11 is -3.25. The van der Waals surface area contributed by atoms with Crippen molar-refractivity contribution in [3.63, 3.8) is 0 Å². The van der Waals surface area contributed by atoms with E-state index in [2.05, 4.69) is 0 Å². The number of carbonyl (C=O) groups is 1. The first kappa shape index (κ1) is 24.3. The van der Waals surface area contributed by atoms with Gasteiger partial charge in [0.2, 0.25) is 5.91 Å². The Morgan fingerprint density at radius 3 is 1.61 bits per heavy atom. The molecule has 0 aliphatic rings. The van der Waals surface area contributed by atoms with Crippen molar-refractivity contribution in [2.24, 2.45) is 5.73 Å². The van der Waals surface area contributed by atoms with E-state index in [0.29, 0.717) is 12.1 Å². The van der Waals surface area contributed by atoms with Crippen molar-refractivity contribution in [3.8, 4) is 0 Å². The maximum Gasteiger partial charge on any atom is 0.460 e. The van der Waals surface area contributed by atoms with Crippen LogP contribution in [0.1, 0.15) is 10.4 Å². The summed E-state index contributed by atoms with van der Waals surface area (Å²) in [6.45, 7) is 0. The lowest BCUT2D eigenvalue weighted by Gasteiger charge is -2.36. The summed E-state index contributed by atoms with van der Waals surface area (Å²) in [6, 6.07) is 2.93. The molecule has 1 amide bonds. The van der Waals surface area contributed by atoms with E-state index >= 15 is 0 Å². The van der Waals surface area contributed by atoms with Crippen molar-refractivity contribution in [2.45, 2.75) is 34.8 Å². The van der Waals surface area contributed by atoms with Crippen LogP contribution in [0, 0.1) is 0 Å². The molecule has 0 fully saturated rings. The smallest absolute Gasteiger partial charge is 0.460 e. The van der Waals surface area contributed by atoms with Crippen molar-refractivity contribution in [1.82, 2.24) is 0 Å². The molecule has 15 heteroatoms. The molecule has 2 N–H and O–H groups in total. The zero-order valence-electron chi connectivity index (χ0n) is 13.0. The molecular formula is C13H8F11NO2S. The number of halogens is 11. The van der Waals surface area contributed by atoms with E-state index < -0.39 is 57.6 Å². The van der Waals surface area contributed by atoms with Gasteiger partial charge in [-0.25, -0.2) is 0 Å². The largest absolute Gasteiger partial charge is 0.611 e. The molecule has 0 aromatic heterocycles. The maximum absolute atomic E-state index is 13.6. The number of amides is 1. The molecule has 160 valence electrons. The summed E-state index contributed by atoms with van der Waals surface area (Å²) in [7, 11) is 0. The predicted molar refractivity (Wildman–Crippen MR) is 72.1 cm³/mol. The lowest BCUT2D eigenvalue weighted by atomic mass is 9.99. The van der Waals surface area contributed by atoms with Crippen LogP contribution in [-0.4, -0.2) is 46.1 Å². The van der Waals surface area contributed by atoms with Crippen molar-refractivity contribution in [3.05, 3.63) is 29.8 Å². The number of primary amides is 1. The van der Waals surface area contributed by atoms with Gasteiger partial charge in [-0.15, -0.1) is 0 Å². The zero-order valence-corrected chi connectivity index (χ0v) is 13.8. The van der Waals surface area contributed by atoms with Gasteiger partial charge in [0.05, 0.1) is 0 Å². The average molecular weight is 451 g/mol. The fourth-order valence-electron chi connectivity index (χ4n) is 1.71. The van der Waals surface area contributed by atoms with E-state index in [0.717, 1.165) is 12.1 Å². The van der Waals surface area contributed by atoms with Gasteiger partial charge < -0.3 is 10.3 Å². The van der Waals surface area contributed by atoms with Gasteiger partial charge in [0.1, 0.15) is 0 Å². The Labute approximate surface area is 151 Å². The summed E-state index contributed by atoms with van der Waals surface area (Å²) in [5.41, 5.74) is 4.60. The van der Waals surface area contributed by atoms with Gasteiger partial charge in [-0.05, 0) is 35.4 Å². The van der Waals surface area contributed by atoms with Crippen molar-refractivity contribution in [1.29, 1.82) is 0 Å². The predicted octanol–water partition coefficient (Wildman–Crippen LogP) is 4.00. The van der Waals surface area contributed by atoms with Gasteiger partial charge in [0, 0.05) is 5.56 Å². The highest BCUT2D eigenvalue weighted by molar-refractivity contribution is 7.91. The van der Waals surface area contributed by atoms with E-state index in [9.17, 15) is 57.6 Å². The average Bonchev–Trinajstić information content (AvgIpc) is 2.52. The van der Waals surface area contributed by atoms with Gasteiger partial charge in [0.25, 0.3) is 0 Å². The summed E-state index contributed by atoms with van der Waals surface area (Å²) in [5, 5.41) is 0. The lowest BCUT2D eigenvalue weighted by Crippen LogP contribution is -2.67. The lowest BCUT2D eigenvalue weighted by molar-refractivity contribution is -0.419. The Kier molecular flexibility index (Phi) is 6.28. The van der Waals surface area contributed by atoms with Crippen molar-refractivity contribution in [2.75, 3.05) is 5.75 Å². The Morgan fingerprint density at radius 2 is 1.25 bits per heavy atom. The highest BCUT2D eigenvalue weighted by Gasteiger charge is 2.87. The molecular weight excluding hydrogens is 443 g/mol. The third kappa shape index (κ3) is 3.99. The number of nitrogens with two attached hydrogens (primary N) is 1. The number of carbonyl (C=O) groups excluding carboxylic acids is 1. The summed E-state index contributed by atoms with van der Waals surface area (Å²) in [5.74, 6) is -32.2. The normalized spacial score (nSPS) is 15.4. The van der Waals surface area contributed by atoms with Crippen LogP contribution < -0.4 is 5.73 Å². The van der Waals surface area contributed by atoms with E-state index in [1.807, 2.05) is 0 Å². The quantitative estimate of drug-likeness (QED) is 0.503. The van der Waals surface area contributed by atoms with E-state index in [1.165, 1.54) is 0 Å². The summed E-state index contributed by atoms with van der Waals surface area (Å²) in [4.78, 5) is 10.1. The monoisotopic (exact) mass is 451 g/mol. The number of benzene rings is 1. The number of rotatable bonds is 7. The third-order valence-electron chi connectivity index (χ3n) is 3.32.